The van der Waals surface area contributed by atoms with E-state index in [-0.39, 0.29) is 6.10 Å². The van der Waals surface area contributed by atoms with Crippen LogP contribution in [0.3, 0.4) is 0 Å². The maximum Gasteiger partial charge on any atom is 0.0767 e. The lowest BCUT2D eigenvalue weighted by molar-refractivity contribution is 0.200. The number of nitrogens with one attached hydrogen (secondary N) is 1. The van der Waals surface area contributed by atoms with E-state index in [9.17, 15) is 5.11 Å². The predicted octanol–water partition coefficient (Wildman–Crippen LogP) is 1.95. The van der Waals surface area contributed by atoms with Crippen LogP contribution in [-0.4, -0.2) is 30.8 Å². The molecule has 0 radical (unpaired) electrons. The quantitative estimate of drug-likeness (QED) is 0.809. The van der Waals surface area contributed by atoms with Gasteiger partial charge in [-0.1, -0.05) is 17.7 Å². The maximum atomic E-state index is 9.40. The van der Waals surface area contributed by atoms with E-state index in [2.05, 4.69) is 10.2 Å². The first-order valence-corrected chi connectivity index (χ1v) is 5.51. The fourth-order valence-corrected chi connectivity index (χ4v) is 2.13. The van der Waals surface area contributed by atoms with Gasteiger partial charge in [-0.05, 0) is 19.1 Å². The van der Waals surface area contributed by atoms with E-state index >= 15 is 0 Å². The van der Waals surface area contributed by atoms with Crippen LogP contribution in [0.4, 0.5) is 11.4 Å². The highest BCUT2D eigenvalue weighted by Crippen LogP contribution is 2.35. The molecule has 82 valence electrons. The zero-order valence-corrected chi connectivity index (χ0v) is 9.46. The number of para-hydroxylation sites is 1. The lowest BCUT2D eigenvalue weighted by atomic mass is 10.2. The fourth-order valence-electron chi connectivity index (χ4n) is 1.90. The third kappa shape index (κ3) is 2.19. The van der Waals surface area contributed by atoms with Gasteiger partial charge in [0, 0.05) is 19.6 Å². The van der Waals surface area contributed by atoms with Gasteiger partial charge in [-0.15, -0.1) is 0 Å². The Labute approximate surface area is 94.7 Å². The number of aliphatic hydroxyl groups excluding tert-OH is 1. The number of anilines is 2. The standard InChI is InChI=1S/C11H15ClN2O/c1-8(15)7-14-6-5-13-11-9(12)3-2-4-10(11)14/h2-4,8,13,15H,5-7H2,1H3. The maximum absolute atomic E-state index is 9.40. The second-order valence-electron chi connectivity index (χ2n) is 3.86. The van der Waals surface area contributed by atoms with Crippen LogP contribution in [0.15, 0.2) is 18.2 Å². The SMILES string of the molecule is CC(O)CN1CCNc2c(Cl)cccc21. The molecular formula is C11H15ClN2O. The highest BCUT2D eigenvalue weighted by molar-refractivity contribution is 6.34. The number of fused-ring (bicyclic) bond motifs is 1. The zero-order chi connectivity index (χ0) is 10.8. The summed E-state index contributed by atoms with van der Waals surface area (Å²) in [6, 6.07) is 5.83. The van der Waals surface area contributed by atoms with Crippen LogP contribution in [0.2, 0.25) is 5.02 Å². The third-order valence-electron chi connectivity index (χ3n) is 2.50. The van der Waals surface area contributed by atoms with Crippen molar-refractivity contribution in [3.63, 3.8) is 0 Å². The summed E-state index contributed by atoms with van der Waals surface area (Å²) in [4.78, 5) is 2.16. The molecule has 4 heteroatoms. The van der Waals surface area contributed by atoms with E-state index < -0.39 is 0 Å². The van der Waals surface area contributed by atoms with Gasteiger partial charge < -0.3 is 15.3 Å². The molecule has 1 atom stereocenters. The van der Waals surface area contributed by atoms with Crippen molar-refractivity contribution >= 4 is 23.0 Å². The molecule has 0 aliphatic carbocycles. The molecule has 0 spiro atoms. The first-order chi connectivity index (χ1) is 7.18. The van der Waals surface area contributed by atoms with Crippen molar-refractivity contribution in [2.45, 2.75) is 13.0 Å². The molecule has 2 N–H and O–H groups in total. The molecular weight excluding hydrogens is 212 g/mol. The van der Waals surface area contributed by atoms with Gasteiger partial charge in [-0.3, -0.25) is 0 Å². The van der Waals surface area contributed by atoms with E-state index in [4.69, 9.17) is 11.6 Å². The molecule has 0 fully saturated rings. The number of benzene rings is 1. The Morgan fingerprint density at radius 3 is 3.13 bits per heavy atom. The molecule has 15 heavy (non-hydrogen) atoms. The summed E-state index contributed by atoms with van der Waals surface area (Å²) < 4.78 is 0. The Morgan fingerprint density at radius 2 is 2.40 bits per heavy atom. The molecule has 1 aromatic carbocycles. The predicted molar refractivity (Wildman–Crippen MR) is 63.8 cm³/mol. The van der Waals surface area contributed by atoms with E-state index in [1.165, 1.54) is 0 Å². The summed E-state index contributed by atoms with van der Waals surface area (Å²) in [5, 5.41) is 13.4. The molecule has 2 rings (SSSR count). The van der Waals surface area contributed by atoms with Crippen molar-refractivity contribution < 1.29 is 5.11 Å². The summed E-state index contributed by atoms with van der Waals surface area (Å²) in [6.07, 6.45) is -0.324. The number of aliphatic hydroxyl groups is 1. The molecule has 1 aliphatic heterocycles. The Morgan fingerprint density at radius 1 is 1.60 bits per heavy atom. The number of rotatable bonds is 2. The molecule has 0 aromatic heterocycles. The minimum absolute atomic E-state index is 0.324. The summed E-state index contributed by atoms with van der Waals surface area (Å²) >= 11 is 6.09. The van der Waals surface area contributed by atoms with Crippen molar-refractivity contribution in [2.24, 2.45) is 0 Å². The third-order valence-corrected chi connectivity index (χ3v) is 2.82. The smallest absolute Gasteiger partial charge is 0.0767 e. The normalized spacial score (nSPS) is 16.9. The molecule has 0 bridgehead atoms. The number of halogens is 1. The topological polar surface area (TPSA) is 35.5 Å². The minimum atomic E-state index is -0.324. The Hall–Kier alpha value is -0.930. The van der Waals surface area contributed by atoms with Gasteiger partial charge in [-0.25, -0.2) is 0 Å². The largest absolute Gasteiger partial charge is 0.392 e. The van der Waals surface area contributed by atoms with E-state index in [0.717, 1.165) is 29.5 Å². The summed E-state index contributed by atoms with van der Waals surface area (Å²) in [6.45, 7) is 4.21. The van der Waals surface area contributed by atoms with Crippen molar-refractivity contribution in [3.05, 3.63) is 23.2 Å². The first kappa shape index (κ1) is 10.6. The lowest BCUT2D eigenvalue weighted by Gasteiger charge is -2.33. The molecule has 1 aliphatic rings. The highest BCUT2D eigenvalue weighted by Gasteiger charge is 2.19. The summed E-state index contributed by atoms with van der Waals surface area (Å²) in [5.41, 5.74) is 2.06. The number of nitrogens with zero attached hydrogens (tertiary/aromatic N) is 1. The van der Waals surface area contributed by atoms with Crippen molar-refractivity contribution in [2.75, 3.05) is 29.9 Å². The zero-order valence-electron chi connectivity index (χ0n) is 8.70. The summed E-state index contributed by atoms with van der Waals surface area (Å²) in [5.74, 6) is 0. The molecule has 0 saturated carbocycles. The molecule has 1 aromatic rings. The van der Waals surface area contributed by atoms with Crippen LogP contribution in [0, 0.1) is 0 Å². The fraction of sp³-hybridized carbons (Fsp3) is 0.455. The van der Waals surface area contributed by atoms with Crippen molar-refractivity contribution in [1.29, 1.82) is 0 Å². The monoisotopic (exact) mass is 226 g/mol. The Bertz CT molecular complexity index is 354. The van der Waals surface area contributed by atoms with Gasteiger partial charge >= 0.3 is 0 Å². The lowest BCUT2D eigenvalue weighted by Crippen LogP contribution is -2.38. The minimum Gasteiger partial charge on any atom is -0.392 e. The highest BCUT2D eigenvalue weighted by atomic mass is 35.5. The van der Waals surface area contributed by atoms with Crippen molar-refractivity contribution in [3.8, 4) is 0 Å². The van der Waals surface area contributed by atoms with Crippen LogP contribution in [0.25, 0.3) is 0 Å². The van der Waals surface area contributed by atoms with Gasteiger partial charge in [0.25, 0.3) is 0 Å². The van der Waals surface area contributed by atoms with Gasteiger partial charge in [0.1, 0.15) is 0 Å². The van der Waals surface area contributed by atoms with Crippen LogP contribution in [-0.2, 0) is 0 Å². The molecule has 0 amide bonds. The second kappa shape index (κ2) is 4.29. The van der Waals surface area contributed by atoms with Gasteiger partial charge in [0.05, 0.1) is 22.5 Å². The van der Waals surface area contributed by atoms with Crippen LogP contribution < -0.4 is 10.2 Å². The van der Waals surface area contributed by atoms with Crippen LogP contribution >= 0.6 is 11.6 Å². The van der Waals surface area contributed by atoms with Gasteiger partial charge in [0.2, 0.25) is 0 Å². The van der Waals surface area contributed by atoms with Crippen LogP contribution in [0.5, 0.6) is 0 Å². The van der Waals surface area contributed by atoms with E-state index in [1.807, 2.05) is 18.2 Å². The Balaban J connectivity index is 2.30. The Kier molecular flexibility index (Phi) is 3.03. The molecule has 1 heterocycles. The second-order valence-corrected chi connectivity index (χ2v) is 4.26. The molecule has 0 saturated heterocycles. The first-order valence-electron chi connectivity index (χ1n) is 5.14. The van der Waals surface area contributed by atoms with Crippen molar-refractivity contribution in [1.82, 2.24) is 0 Å². The van der Waals surface area contributed by atoms with Gasteiger partial charge in [0.15, 0.2) is 0 Å². The van der Waals surface area contributed by atoms with E-state index in [1.54, 1.807) is 6.92 Å². The molecule has 1 unspecified atom stereocenters. The van der Waals surface area contributed by atoms with E-state index in [0.29, 0.717) is 6.54 Å². The van der Waals surface area contributed by atoms with Crippen LogP contribution in [0.1, 0.15) is 6.92 Å². The molecule has 3 nitrogen and oxygen atoms in total. The summed E-state index contributed by atoms with van der Waals surface area (Å²) in [7, 11) is 0. The number of β-amino-alcohol motifs (C(OH)–C–C–N with tert-alkyl or cyclic N) is 1. The van der Waals surface area contributed by atoms with Gasteiger partial charge in [-0.2, -0.15) is 0 Å². The number of hydrogen-bond acceptors (Lipinski definition) is 3. The average Bonchev–Trinajstić information content (AvgIpc) is 2.19. The average molecular weight is 227 g/mol. The number of hydrogen-bond donors (Lipinski definition) is 2.